The van der Waals surface area contributed by atoms with E-state index >= 15 is 0 Å². The van der Waals surface area contributed by atoms with E-state index in [1.54, 1.807) is 0 Å². The maximum absolute atomic E-state index is 3.36. The van der Waals surface area contributed by atoms with Crippen molar-refractivity contribution in [2.45, 2.75) is 12.5 Å². The molecule has 2 nitrogen and oxygen atoms in total. The summed E-state index contributed by atoms with van der Waals surface area (Å²) >= 11 is 0. The van der Waals surface area contributed by atoms with Gasteiger partial charge < -0.3 is 9.80 Å². The van der Waals surface area contributed by atoms with Crippen LogP contribution in [0.5, 0.6) is 0 Å². The molecule has 0 aromatic rings. The lowest BCUT2D eigenvalue weighted by Crippen LogP contribution is -2.46. The smallest absolute Gasteiger partial charge is 0.102 e. The number of nitrogens with zero attached hydrogens (tertiary/aromatic N) is 1. The van der Waals surface area contributed by atoms with Crippen LogP contribution in [0.4, 0.5) is 0 Å². The molecular formula is C7H17N2+. The normalized spacial score (nSPS) is 29.0. The largest absolute Gasteiger partial charge is 0.327 e. The monoisotopic (exact) mass is 129 g/mol. The lowest BCUT2D eigenvalue weighted by molar-refractivity contribution is -0.893. The zero-order chi connectivity index (χ0) is 6.91. The summed E-state index contributed by atoms with van der Waals surface area (Å²) in [6.45, 7) is 2.41. The van der Waals surface area contributed by atoms with Crippen LogP contribution in [0.15, 0.2) is 0 Å². The lowest BCUT2D eigenvalue weighted by atomic mass is 10.2. The van der Waals surface area contributed by atoms with Crippen molar-refractivity contribution in [3.05, 3.63) is 0 Å². The van der Waals surface area contributed by atoms with Gasteiger partial charge in [0.25, 0.3) is 0 Å². The second kappa shape index (κ2) is 2.27. The second-order valence-electron chi connectivity index (χ2n) is 3.76. The van der Waals surface area contributed by atoms with Gasteiger partial charge in [0.05, 0.1) is 21.1 Å². The van der Waals surface area contributed by atoms with Gasteiger partial charge >= 0.3 is 0 Å². The molecule has 0 aliphatic carbocycles. The molecule has 0 aromatic heterocycles. The van der Waals surface area contributed by atoms with Gasteiger partial charge in [-0.1, -0.05) is 0 Å². The molecule has 1 aliphatic rings. The standard InChI is InChI=1S/C7H17N2/c1-9(2,3)7-4-5-8-6-7/h7-8H,4-6H2,1-3H3/q+1. The summed E-state index contributed by atoms with van der Waals surface area (Å²) in [4.78, 5) is 0. The molecule has 1 heterocycles. The highest BCUT2D eigenvalue weighted by Gasteiger charge is 2.26. The molecule has 0 bridgehead atoms. The summed E-state index contributed by atoms with van der Waals surface area (Å²) in [5.41, 5.74) is 0. The Labute approximate surface area is 57.4 Å². The summed E-state index contributed by atoms with van der Waals surface area (Å²) < 4.78 is 1.10. The molecule has 0 spiro atoms. The summed E-state index contributed by atoms with van der Waals surface area (Å²) in [5, 5.41) is 3.36. The van der Waals surface area contributed by atoms with E-state index in [0.717, 1.165) is 10.5 Å². The first-order valence-corrected chi connectivity index (χ1v) is 3.62. The van der Waals surface area contributed by atoms with Crippen LogP contribution in [0.25, 0.3) is 0 Å². The molecule has 1 fully saturated rings. The van der Waals surface area contributed by atoms with Crippen molar-refractivity contribution in [2.75, 3.05) is 34.2 Å². The van der Waals surface area contributed by atoms with E-state index < -0.39 is 0 Å². The van der Waals surface area contributed by atoms with E-state index in [2.05, 4.69) is 26.5 Å². The number of hydrogen-bond donors (Lipinski definition) is 1. The van der Waals surface area contributed by atoms with Crippen LogP contribution in [0, 0.1) is 0 Å². The topological polar surface area (TPSA) is 12.0 Å². The third kappa shape index (κ3) is 1.66. The molecule has 9 heavy (non-hydrogen) atoms. The fraction of sp³-hybridized carbons (Fsp3) is 1.00. The second-order valence-corrected chi connectivity index (χ2v) is 3.76. The summed E-state index contributed by atoms with van der Waals surface area (Å²) in [6, 6.07) is 0.838. The van der Waals surface area contributed by atoms with Crippen LogP contribution < -0.4 is 5.32 Å². The molecule has 1 atom stereocenters. The first kappa shape index (κ1) is 7.03. The van der Waals surface area contributed by atoms with Crippen molar-refractivity contribution in [1.29, 1.82) is 0 Å². The third-order valence-corrected chi connectivity index (χ3v) is 2.13. The van der Waals surface area contributed by atoms with E-state index in [1.807, 2.05) is 0 Å². The van der Waals surface area contributed by atoms with E-state index in [-0.39, 0.29) is 0 Å². The number of quaternary nitrogens is 1. The van der Waals surface area contributed by atoms with E-state index in [9.17, 15) is 0 Å². The molecule has 1 saturated heterocycles. The van der Waals surface area contributed by atoms with E-state index in [4.69, 9.17) is 0 Å². The van der Waals surface area contributed by atoms with Gasteiger partial charge in [0.2, 0.25) is 0 Å². The molecule has 1 rings (SSSR count). The van der Waals surface area contributed by atoms with Crippen molar-refractivity contribution in [1.82, 2.24) is 5.32 Å². The quantitative estimate of drug-likeness (QED) is 0.493. The van der Waals surface area contributed by atoms with Gasteiger partial charge in [-0.05, 0) is 0 Å². The fourth-order valence-corrected chi connectivity index (χ4v) is 1.30. The molecular weight excluding hydrogens is 112 g/mol. The molecule has 1 aliphatic heterocycles. The highest BCUT2D eigenvalue weighted by molar-refractivity contribution is 4.70. The Balaban J connectivity index is 2.42. The molecule has 1 unspecified atom stereocenters. The van der Waals surface area contributed by atoms with Gasteiger partial charge in [-0.15, -0.1) is 0 Å². The minimum Gasteiger partial charge on any atom is -0.327 e. The van der Waals surface area contributed by atoms with E-state index in [1.165, 1.54) is 19.5 Å². The molecule has 54 valence electrons. The van der Waals surface area contributed by atoms with Gasteiger partial charge in [0, 0.05) is 19.5 Å². The first-order chi connectivity index (χ1) is 4.11. The predicted molar refractivity (Wildman–Crippen MR) is 39.3 cm³/mol. The number of nitrogens with one attached hydrogen (secondary N) is 1. The summed E-state index contributed by atoms with van der Waals surface area (Å²) in [6.07, 6.45) is 1.34. The summed E-state index contributed by atoms with van der Waals surface area (Å²) in [7, 11) is 6.78. The van der Waals surface area contributed by atoms with Crippen molar-refractivity contribution < 1.29 is 4.48 Å². The third-order valence-electron chi connectivity index (χ3n) is 2.13. The van der Waals surface area contributed by atoms with E-state index in [0.29, 0.717) is 0 Å². The number of likely N-dealkylation sites (N-methyl/N-ethyl adjacent to an activating group) is 1. The van der Waals surface area contributed by atoms with Crippen molar-refractivity contribution in [2.24, 2.45) is 0 Å². The minimum atomic E-state index is 0.838. The highest BCUT2D eigenvalue weighted by Crippen LogP contribution is 2.09. The van der Waals surface area contributed by atoms with Crippen LogP contribution in [-0.2, 0) is 0 Å². The van der Waals surface area contributed by atoms with Crippen molar-refractivity contribution in [3.8, 4) is 0 Å². The maximum Gasteiger partial charge on any atom is 0.102 e. The average molecular weight is 129 g/mol. The van der Waals surface area contributed by atoms with Gasteiger partial charge in [0.15, 0.2) is 0 Å². The molecule has 0 amide bonds. The van der Waals surface area contributed by atoms with Crippen LogP contribution in [0.2, 0.25) is 0 Å². The van der Waals surface area contributed by atoms with Crippen molar-refractivity contribution >= 4 is 0 Å². The van der Waals surface area contributed by atoms with Crippen molar-refractivity contribution in [3.63, 3.8) is 0 Å². The molecule has 0 aromatic carbocycles. The Morgan fingerprint density at radius 3 is 2.22 bits per heavy atom. The fourth-order valence-electron chi connectivity index (χ4n) is 1.30. The highest BCUT2D eigenvalue weighted by atomic mass is 15.3. The van der Waals surface area contributed by atoms with Gasteiger partial charge in [-0.25, -0.2) is 0 Å². The van der Waals surface area contributed by atoms with Crippen LogP contribution in [0.1, 0.15) is 6.42 Å². The van der Waals surface area contributed by atoms with Crippen LogP contribution >= 0.6 is 0 Å². The Morgan fingerprint density at radius 1 is 1.33 bits per heavy atom. The first-order valence-electron chi connectivity index (χ1n) is 3.62. The maximum atomic E-state index is 3.36. The predicted octanol–water partition coefficient (Wildman–Crippen LogP) is 0.0545. The molecule has 0 saturated carbocycles. The Bertz CT molecular complexity index is 87.6. The number of hydrogen-bond acceptors (Lipinski definition) is 1. The minimum absolute atomic E-state index is 0.838. The van der Waals surface area contributed by atoms with Gasteiger partial charge in [0.1, 0.15) is 6.04 Å². The molecule has 0 radical (unpaired) electrons. The van der Waals surface area contributed by atoms with Crippen LogP contribution in [-0.4, -0.2) is 44.8 Å². The van der Waals surface area contributed by atoms with Gasteiger partial charge in [-0.3, -0.25) is 0 Å². The zero-order valence-electron chi connectivity index (χ0n) is 6.65. The Hall–Kier alpha value is -0.0800. The van der Waals surface area contributed by atoms with Gasteiger partial charge in [-0.2, -0.15) is 0 Å². The number of rotatable bonds is 1. The zero-order valence-corrected chi connectivity index (χ0v) is 6.65. The Morgan fingerprint density at radius 2 is 2.00 bits per heavy atom. The molecule has 2 heteroatoms. The Kier molecular flexibility index (Phi) is 1.78. The SMILES string of the molecule is C[N+](C)(C)C1CCNC1. The lowest BCUT2D eigenvalue weighted by Gasteiger charge is -2.30. The van der Waals surface area contributed by atoms with Crippen LogP contribution in [0.3, 0.4) is 0 Å². The summed E-state index contributed by atoms with van der Waals surface area (Å²) in [5.74, 6) is 0. The average Bonchev–Trinajstić information content (AvgIpc) is 2.08. The molecule has 1 N–H and O–H groups in total.